The molecule has 5 nitrogen and oxygen atoms in total. The Bertz CT molecular complexity index is 861. The summed E-state index contributed by atoms with van der Waals surface area (Å²) in [6, 6.07) is 15.8. The van der Waals surface area contributed by atoms with Crippen LogP contribution in [0.2, 0.25) is 0 Å². The number of rotatable bonds is 1. The van der Waals surface area contributed by atoms with E-state index in [4.69, 9.17) is 5.26 Å². The maximum atomic E-state index is 12.3. The van der Waals surface area contributed by atoms with Gasteiger partial charge in [0.25, 0.3) is 5.56 Å². The van der Waals surface area contributed by atoms with Crippen molar-refractivity contribution in [3.63, 3.8) is 0 Å². The standard InChI is InChI=1S/C14H8N4O/c15-9-10-5-1-4-8-13(10)18-14(19)11-6-2-3-7-12(11)16-17-18/h1-8H. The molecule has 3 rings (SSSR count). The molecule has 0 N–H and O–H groups in total. The molecule has 0 bridgehead atoms. The lowest BCUT2D eigenvalue weighted by molar-refractivity contribution is 0.736. The van der Waals surface area contributed by atoms with E-state index in [1.807, 2.05) is 6.07 Å². The Kier molecular flexibility index (Phi) is 2.54. The molecule has 0 aliphatic rings. The van der Waals surface area contributed by atoms with Gasteiger partial charge in [-0.05, 0) is 24.3 Å². The number of hydrogen-bond acceptors (Lipinski definition) is 4. The second-order valence-electron chi connectivity index (χ2n) is 3.95. The summed E-state index contributed by atoms with van der Waals surface area (Å²) in [6.07, 6.45) is 0. The van der Waals surface area contributed by atoms with Gasteiger partial charge in [0.15, 0.2) is 0 Å². The Hall–Kier alpha value is -3.00. The molecule has 0 amide bonds. The summed E-state index contributed by atoms with van der Waals surface area (Å²) in [5, 5.41) is 17.4. The van der Waals surface area contributed by atoms with Crippen molar-refractivity contribution in [1.82, 2.24) is 15.0 Å². The lowest BCUT2D eigenvalue weighted by atomic mass is 10.2. The van der Waals surface area contributed by atoms with Gasteiger partial charge in [-0.1, -0.05) is 29.5 Å². The fourth-order valence-electron chi connectivity index (χ4n) is 1.90. The topological polar surface area (TPSA) is 71.6 Å². The smallest absolute Gasteiger partial charge is 0.267 e. The van der Waals surface area contributed by atoms with Gasteiger partial charge in [0.05, 0.1) is 16.6 Å². The Balaban J connectivity index is 2.36. The van der Waals surface area contributed by atoms with Crippen molar-refractivity contribution in [2.24, 2.45) is 0 Å². The molecule has 19 heavy (non-hydrogen) atoms. The van der Waals surface area contributed by atoms with E-state index in [1.54, 1.807) is 48.5 Å². The van der Waals surface area contributed by atoms with Crippen molar-refractivity contribution in [1.29, 1.82) is 5.26 Å². The fraction of sp³-hybridized carbons (Fsp3) is 0. The Labute approximate surface area is 108 Å². The summed E-state index contributed by atoms with van der Waals surface area (Å²) in [5.74, 6) is 0. The number of para-hydroxylation sites is 1. The summed E-state index contributed by atoms with van der Waals surface area (Å²) in [5.41, 5.74) is 1.08. The minimum atomic E-state index is -0.284. The largest absolute Gasteiger partial charge is 0.282 e. The first-order chi connectivity index (χ1) is 9.31. The van der Waals surface area contributed by atoms with Crippen molar-refractivity contribution < 1.29 is 0 Å². The van der Waals surface area contributed by atoms with Gasteiger partial charge in [-0.25, -0.2) is 0 Å². The fourth-order valence-corrected chi connectivity index (χ4v) is 1.90. The van der Waals surface area contributed by atoms with Crippen LogP contribution in [0, 0.1) is 11.3 Å². The molecule has 1 heterocycles. The Morgan fingerprint density at radius 1 is 1.05 bits per heavy atom. The molecule has 0 radical (unpaired) electrons. The molecule has 2 aromatic carbocycles. The van der Waals surface area contributed by atoms with Crippen molar-refractivity contribution >= 4 is 10.9 Å². The SMILES string of the molecule is N#Cc1ccccc1-n1nnc2ccccc2c1=O. The van der Waals surface area contributed by atoms with E-state index in [-0.39, 0.29) is 5.56 Å². The van der Waals surface area contributed by atoms with Crippen LogP contribution in [0.3, 0.4) is 0 Å². The molecule has 0 unspecified atom stereocenters. The third kappa shape index (κ3) is 1.76. The first-order valence-electron chi connectivity index (χ1n) is 5.65. The van der Waals surface area contributed by atoms with Gasteiger partial charge < -0.3 is 0 Å². The molecule has 0 fully saturated rings. The van der Waals surface area contributed by atoms with Crippen molar-refractivity contribution in [2.45, 2.75) is 0 Å². The summed E-state index contributed by atoms with van der Waals surface area (Å²) in [7, 11) is 0. The first kappa shape index (κ1) is 11.1. The number of hydrogen-bond donors (Lipinski definition) is 0. The van der Waals surface area contributed by atoms with E-state index in [9.17, 15) is 4.79 Å². The lowest BCUT2D eigenvalue weighted by Crippen LogP contribution is -2.23. The van der Waals surface area contributed by atoms with Crippen LogP contribution in [-0.2, 0) is 0 Å². The monoisotopic (exact) mass is 248 g/mol. The molecule has 0 spiro atoms. The van der Waals surface area contributed by atoms with Gasteiger partial charge in [-0.15, -0.1) is 5.10 Å². The highest BCUT2D eigenvalue weighted by molar-refractivity contribution is 5.76. The van der Waals surface area contributed by atoms with Gasteiger partial charge >= 0.3 is 0 Å². The van der Waals surface area contributed by atoms with Gasteiger partial charge in [-0.3, -0.25) is 4.79 Å². The number of aromatic nitrogens is 3. The van der Waals surface area contributed by atoms with E-state index in [2.05, 4.69) is 10.3 Å². The second-order valence-corrected chi connectivity index (χ2v) is 3.95. The molecule has 0 aliphatic carbocycles. The molecule has 5 heteroatoms. The van der Waals surface area contributed by atoms with Crippen molar-refractivity contribution in [2.75, 3.05) is 0 Å². The maximum Gasteiger partial charge on any atom is 0.282 e. The summed E-state index contributed by atoms with van der Waals surface area (Å²) in [4.78, 5) is 12.3. The lowest BCUT2D eigenvalue weighted by Gasteiger charge is -2.05. The van der Waals surface area contributed by atoms with Crippen LogP contribution in [-0.4, -0.2) is 15.0 Å². The van der Waals surface area contributed by atoms with Crippen LogP contribution in [0.1, 0.15) is 5.56 Å². The summed E-state index contributed by atoms with van der Waals surface area (Å²) in [6.45, 7) is 0. The summed E-state index contributed by atoms with van der Waals surface area (Å²) < 4.78 is 1.15. The molecular weight excluding hydrogens is 240 g/mol. The van der Waals surface area contributed by atoms with E-state index < -0.39 is 0 Å². The van der Waals surface area contributed by atoms with Gasteiger partial charge in [0.2, 0.25) is 0 Å². The molecule has 0 saturated heterocycles. The highest BCUT2D eigenvalue weighted by Gasteiger charge is 2.09. The zero-order valence-corrected chi connectivity index (χ0v) is 9.82. The van der Waals surface area contributed by atoms with Gasteiger partial charge in [-0.2, -0.15) is 9.94 Å². The number of nitrogens with zero attached hydrogens (tertiary/aromatic N) is 4. The first-order valence-corrected chi connectivity index (χ1v) is 5.65. The van der Waals surface area contributed by atoms with Crippen LogP contribution in [0.4, 0.5) is 0 Å². The highest BCUT2D eigenvalue weighted by Crippen LogP contribution is 2.11. The molecular formula is C14H8N4O. The molecule has 1 aromatic heterocycles. The average Bonchev–Trinajstić information content (AvgIpc) is 2.48. The van der Waals surface area contributed by atoms with E-state index >= 15 is 0 Å². The normalized spacial score (nSPS) is 10.3. The van der Waals surface area contributed by atoms with Crippen molar-refractivity contribution in [3.05, 3.63) is 64.4 Å². The number of nitriles is 1. The van der Waals surface area contributed by atoms with E-state index in [1.165, 1.54) is 0 Å². The third-order valence-electron chi connectivity index (χ3n) is 2.82. The zero-order chi connectivity index (χ0) is 13.2. The van der Waals surface area contributed by atoms with E-state index in [0.29, 0.717) is 22.2 Å². The van der Waals surface area contributed by atoms with Crippen LogP contribution in [0.15, 0.2) is 53.3 Å². The average molecular weight is 248 g/mol. The summed E-state index contributed by atoms with van der Waals surface area (Å²) >= 11 is 0. The highest BCUT2D eigenvalue weighted by atomic mass is 16.1. The quantitative estimate of drug-likeness (QED) is 0.656. The third-order valence-corrected chi connectivity index (χ3v) is 2.82. The zero-order valence-electron chi connectivity index (χ0n) is 9.82. The van der Waals surface area contributed by atoms with Crippen LogP contribution < -0.4 is 5.56 Å². The Morgan fingerprint density at radius 3 is 2.63 bits per heavy atom. The van der Waals surface area contributed by atoms with Gasteiger partial charge in [0, 0.05) is 0 Å². The molecule has 0 atom stereocenters. The minimum absolute atomic E-state index is 0.284. The number of fused-ring (bicyclic) bond motifs is 1. The van der Waals surface area contributed by atoms with Crippen LogP contribution in [0.25, 0.3) is 16.6 Å². The molecule has 90 valence electrons. The van der Waals surface area contributed by atoms with Crippen LogP contribution >= 0.6 is 0 Å². The predicted octanol–water partition coefficient (Wildman–Crippen LogP) is 1.65. The molecule has 0 saturated carbocycles. The second kappa shape index (κ2) is 4.35. The van der Waals surface area contributed by atoms with E-state index in [0.717, 1.165) is 4.68 Å². The van der Waals surface area contributed by atoms with Crippen LogP contribution in [0.5, 0.6) is 0 Å². The maximum absolute atomic E-state index is 12.3. The minimum Gasteiger partial charge on any atom is -0.267 e. The Morgan fingerprint density at radius 2 is 1.79 bits per heavy atom. The molecule has 0 aliphatic heterocycles. The number of benzene rings is 2. The predicted molar refractivity (Wildman–Crippen MR) is 69.9 cm³/mol. The molecule has 3 aromatic rings. The van der Waals surface area contributed by atoms with Crippen molar-refractivity contribution in [3.8, 4) is 11.8 Å². The van der Waals surface area contributed by atoms with Gasteiger partial charge in [0.1, 0.15) is 11.6 Å².